The van der Waals surface area contributed by atoms with E-state index in [4.69, 9.17) is 4.74 Å². The zero-order valence-corrected chi connectivity index (χ0v) is 19.8. The maximum Gasteiger partial charge on any atom is 0.320 e. The fraction of sp³-hybridized carbons (Fsp3) is 0.522. The number of carbonyl (C=O) groups is 2. The summed E-state index contributed by atoms with van der Waals surface area (Å²) in [5.74, 6) is -0.0730. The second kappa shape index (κ2) is 9.97. The Bertz CT molecular complexity index is 955. The Morgan fingerprint density at radius 1 is 1.00 bits per heavy atom. The Labute approximate surface area is 193 Å². The summed E-state index contributed by atoms with van der Waals surface area (Å²) in [6, 6.07) is 4.39. The molecule has 0 atom stereocenters. The van der Waals surface area contributed by atoms with E-state index in [-0.39, 0.29) is 11.9 Å². The van der Waals surface area contributed by atoms with Gasteiger partial charge in [-0.2, -0.15) is 0 Å². The van der Waals surface area contributed by atoms with Crippen LogP contribution in [-0.2, 0) is 9.53 Å². The molecule has 172 valence electrons. The van der Waals surface area contributed by atoms with Gasteiger partial charge in [0.05, 0.1) is 25.5 Å². The van der Waals surface area contributed by atoms with Crippen LogP contribution in [0.15, 0.2) is 17.5 Å². The van der Waals surface area contributed by atoms with Gasteiger partial charge in [0, 0.05) is 50.2 Å². The minimum atomic E-state index is -0.0730. The van der Waals surface area contributed by atoms with Gasteiger partial charge >= 0.3 is 6.03 Å². The topological polar surface area (TPSA) is 78.0 Å². The zero-order chi connectivity index (χ0) is 22.7. The quantitative estimate of drug-likeness (QED) is 0.764. The predicted octanol–water partition coefficient (Wildman–Crippen LogP) is 2.74. The van der Waals surface area contributed by atoms with Gasteiger partial charge in [0.15, 0.2) is 5.13 Å². The smallest absolute Gasteiger partial charge is 0.320 e. The highest BCUT2D eigenvalue weighted by atomic mass is 32.1. The Morgan fingerprint density at radius 3 is 2.28 bits per heavy atom. The average molecular weight is 458 g/mol. The van der Waals surface area contributed by atoms with Gasteiger partial charge in [0.1, 0.15) is 0 Å². The van der Waals surface area contributed by atoms with E-state index in [0.717, 1.165) is 11.3 Å². The lowest BCUT2D eigenvalue weighted by atomic mass is 9.98. The highest BCUT2D eigenvalue weighted by Gasteiger charge is 2.27. The minimum absolute atomic E-state index is 0.0730. The van der Waals surface area contributed by atoms with Crippen molar-refractivity contribution in [2.24, 2.45) is 0 Å². The van der Waals surface area contributed by atoms with E-state index in [0.29, 0.717) is 64.2 Å². The molecule has 2 aromatic rings. The third-order valence-corrected chi connectivity index (χ3v) is 6.73. The SMILES string of the molecule is Cc1cc(C)c(-c2csc(NC(=O)CN3CCN(C(=O)N4CCOCC4)CC3)n2)c(C)c1. The van der Waals surface area contributed by atoms with Crippen LogP contribution < -0.4 is 5.32 Å². The van der Waals surface area contributed by atoms with Crippen molar-refractivity contribution in [2.75, 3.05) is 64.3 Å². The first-order valence-electron chi connectivity index (χ1n) is 11.1. The van der Waals surface area contributed by atoms with Crippen LogP contribution in [0, 0.1) is 20.8 Å². The van der Waals surface area contributed by atoms with Crippen molar-refractivity contribution in [2.45, 2.75) is 20.8 Å². The molecule has 9 heteroatoms. The van der Waals surface area contributed by atoms with Gasteiger partial charge in [-0.25, -0.2) is 9.78 Å². The lowest BCUT2D eigenvalue weighted by Gasteiger charge is -2.38. The van der Waals surface area contributed by atoms with Gasteiger partial charge in [-0.1, -0.05) is 17.7 Å². The molecule has 0 saturated carbocycles. The highest BCUT2D eigenvalue weighted by Crippen LogP contribution is 2.31. The second-order valence-electron chi connectivity index (χ2n) is 8.50. The monoisotopic (exact) mass is 457 g/mol. The molecule has 1 aromatic heterocycles. The molecule has 8 nitrogen and oxygen atoms in total. The van der Waals surface area contributed by atoms with Crippen molar-refractivity contribution < 1.29 is 14.3 Å². The van der Waals surface area contributed by atoms with Crippen molar-refractivity contribution in [3.8, 4) is 11.3 Å². The Hall–Kier alpha value is -2.49. The summed E-state index contributed by atoms with van der Waals surface area (Å²) in [6.07, 6.45) is 0. The zero-order valence-electron chi connectivity index (χ0n) is 19.0. The number of urea groups is 1. The van der Waals surface area contributed by atoms with Crippen LogP contribution in [0.4, 0.5) is 9.93 Å². The largest absolute Gasteiger partial charge is 0.378 e. The molecular weight excluding hydrogens is 426 g/mol. The standard InChI is InChI=1S/C23H31N5O3S/c1-16-12-17(2)21(18(3)13-16)19-15-32-22(24-19)25-20(29)14-26-4-6-27(7-5-26)23(30)28-8-10-31-11-9-28/h12-13,15H,4-11,14H2,1-3H3,(H,24,25,29). The first-order valence-corrected chi connectivity index (χ1v) is 12.0. The predicted molar refractivity (Wildman–Crippen MR) is 126 cm³/mol. The number of benzene rings is 1. The molecular formula is C23H31N5O3S. The Morgan fingerprint density at radius 2 is 1.62 bits per heavy atom. The Kier molecular flexibility index (Phi) is 7.07. The number of thiazole rings is 1. The van der Waals surface area contributed by atoms with E-state index in [1.54, 1.807) is 0 Å². The van der Waals surface area contributed by atoms with Crippen molar-refractivity contribution >= 4 is 28.4 Å². The number of aromatic nitrogens is 1. The molecule has 2 fully saturated rings. The van der Waals surface area contributed by atoms with Gasteiger partial charge < -0.3 is 19.9 Å². The van der Waals surface area contributed by atoms with Crippen molar-refractivity contribution in [3.05, 3.63) is 34.2 Å². The third kappa shape index (κ3) is 5.28. The Balaban J connectivity index is 1.28. The van der Waals surface area contributed by atoms with E-state index < -0.39 is 0 Å². The number of rotatable bonds is 4. The van der Waals surface area contributed by atoms with Gasteiger partial charge in [0.2, 0.25) is 5.91 Å². The second-order valence-corrected chi connectivity index (χ2v) is 9.36. The molecule has 3 amide bonds. The van der Waals surface area contributed by atoms with E-state index in [1.807, 2.05) is 15.2 Å². The summed E-state index contributed by atoms with van der Waals surface area (Å²) in [6.45, 7) is 11.7. The first-order chi connectivity index (χ1) is 15.4. The van der Waals surface area contributed by atoms with E-state index >= 15 is 0 Å². The molecule has 0 radical (unpaired) electrons. The van der Waals surface area contributed by atoms with Gasteiger partial charge in [0.25, 0.3) is 0 Å². The fourth-order valence-corrected chi connectivity index (χ4v) is 5.16. The minimum Gasteiger partial charge on any atom is -0.378 e. The number of nitrogens with one attached hydrogen (secondary N) is 1. The number of morpholine rings is 1. The molecule has 2 aliphatic heterocycles. The molecule has 1 N–H and O–H groups in total. The van der Waals surface area contributed by atoms with Crippen molar-refractivity contribution in [1.82, 2.24) is 19.7 Å². The molecule has 2 saturated heterocycles. The summed E-state index contributed by atoms with van der Waals surface area (Å²) in [5.41, 5.74) is 5.65. The molecule has 3 heterocycles. The van der Waals surface area contributed by atoms with Gasteiger partial charge in [-0.3, -0.25) is 9.69 Å². The molecule has 0 unspecified atom stereocenters. The summed E-state index contributed by atoms with van der Waals surface area (Å²) in [7, 11) is 0. The number of anilines is 1. The van der Waals surface area contributed by atoms with Crippen LogP contribution in [0.1, 0.15) is 16.7 Å². The highest BCUT2D eigenvalue weighted by molar-refractivity contribution is 7.14. The van der Waals surface area contributed by atoms with Crippen molar-refractivity contribution in [1.29, 1.82) is 0 Å². The third-order valence-electron chi connectivity index (χ3n) is 5.98. The summed E-state index contributed by atoms with van der Waals surface area (Å²) in [5, 5.41) is 5.55. The first kappa shape index (κ1) is 22.7. The van der Waals surface area contributed by atoms with Crippen LogP contribution in [0.25, 0.3) is 11.3 Å². The molecule has 2 aliphatic rings. The molecule has 0 aliphatic carbocycles. The van der Waals surface area contributed by atoms with Gasteiger partial charge in [-0.05, 0) is 31.9 Å². The van der Waals surface area contributed by atoms with Crippen LogP contribution in [0.5, 0.6) is 0 Å². The maximum atomic E-state index is 12.6. The number of nitrogens with zero attached hydrogens (tertiary/aromatic N) is 4. The van der Waals surface area contributed by atoms with Crippen LogP contribution in [-0.4, -0.2) is 90.6 Å². The molecule has 32 heavy (non-hydrogen) atoms. The van der Waals surface area contributed by atoms with Gasteiger partial charge in [-0.15, -0.1) is 11.3 Å². The fourth-order valence-electron chi connectivity index (χ4n) is 4.44. The molecule has 4 rings (SSSR count). The number of aryl methyl sites for hydroxylation is 3. The number of hydrogen-bond acceptors (Lipinski definition) is 6. The lowest BCUT2D eigenvalue weighted by Crippen LogP contribution is -2.55. The van der Waals surface area contributed by atoms with Crippen LogP contribution >= 0.6 is 11.3 Å². The van der Waals surface area contributed by atoms with E-state index in [2.05, 4.69) is 48.1 Å². The average Bonchev–Trinajstić information content (AvgIpc) is 3.21. The van der Waals surface area contributed by atoms with E-state index in [9.17, 15) is 9.59 Å². The summed E-state index contributed by atoms with van der Waals surface area (Å²) in [4.78, 5) is 35.6. The molecule has 1 aromatic carbocycles. The number of piperazine rings is 1. The summed E-state index contributed by atoms with van der Waals surface area (Å²) < 4.78 is 5.32. The van der Waals surface area contributed by atoms with Crippen LogP contribution in [0.3, 0.4) is 0 Å². The lowest BCUT2D eigenvalue weighted by molar-refractivity contribution is -0.117. The number of ether oxygens (including phenoxy) is 1. The molecule has 0 spiro atoms. The number of hydrogen-bond donors (Lipinski definition) is 1. The molecule has 0 bridgehead atoms. The number of carbonyl (C=O) groups excluding carboxylic acids is 2. The van der Waals surface area contributed by atoms with E-state index in [1.165, 1.54) is 28.0 Å². The summed E-state index contributed by atoms with van der Waals surface area (Å²) >= 11 is 1.45. The maximum absolute atomic E-state index is 12.6. The van der Waals surface area contributed by atoms with Crippen LogP contribution in [0.2, 0.25) is 0 Å². The van der Waals surface area contributed by atoms with Crippen molar-refractivity contribution in [3.63, 3.8) is 0 Å². The normalized spacial score (nSPS) is 17.5. The number of amides is 3.